The molecule has 1 rings (SSSR count). The number of nitrogens with two attached hydrogens (primary N) is 6. The van der Waals surface area contributed by atoms with E-state index in [1.165, 1.54) is 0 Å². The number of aliphatic hydroxyl groups excluding tert-OH is 1. The molecular formula is C47H77N17O21. The number of aliphatic imine (C=N–C) groups is 1. The van der Waals surface area contributed by atoms with E-state index in [-0.39, 0.29) is 77.0 Å². The van der Waals surface area contributed by atoms with Gasteiger partial charge in [-0.25, -0.2) is 4.79 Å². The van der Waals surface area contributed by atoms with Crippen molar-refractivity contribution in [3.05, 3.63) is 0 Å². The molecule has 1 heterocycles. The number of hydrogen-bond acceptors (Lipinski definition) is 20. The number of unbranched alkanes of at least 4 members (excludes halogenated alkanes) is 1. The highest BCUT2D eigenvalue weighted by Crippen LogP contribution is 2.21. The van der Waals surface area contributed by atoms with Crippen LogP contribution < -0.4 is 82.3 Å². The molecule has 0 radical (unpaired) electrons. The van der Waals surface area contributed by atoms with E-state index in [9.17, 15) is 97.1 Å². The summed E-state index contributed by atoms with van der Waals surface area (Å²) in [7, 11) is 0. The van der Waals surface area contributed by atoms with E-state index in [1.54, 1.807) is 0 Å². The number of hydrogen-bond donors (Lipinski definition) is 20. The van der Waals surface area contributed by atoms with Crippen LogP contribution in [0.3, 0.4) is 0 Å². The molecule has 1 aliphatic heterocycles. The molecule has 0 aliphatic carbocycles. The summed E-state index contributed by atoms with van der Waals surface area (Å²) in [6.45, 7) is -1.06. The number of carboxylic acid groups (broad SMARTS) is 4. The van der Waals surface area contributed by atoms with Gasteiger partial charge in [-0.2, -0.15) is 0 Å². The zero-order chi connectivity index (χ0) is 64.7. The van der Waals surface area contributed by atoms with Crippen LogP contribution in [0.4, 0.5) is 0 Å². The quantitative estimate of drug-likeness (QED) is 0.0154. The van der Waals surface area contributed by atoms with Gasteiger partial charge in [0.2, 0.25) is 70.9 Å². The second-order valence-electron chi connectivity index (χ2n) is 19.3. The van der Waals surface area contributed by atoms with Crippen LogP contribution in [0.2, 0.25) is 0 Å². The van der Waals surface area contributed by atoms with Crippen molar-refractivity contribution >= 4 is 101 Å². The van der Waals surface area contributed by atoms with Gasteiger partial charge < -0.3 is 113 Å². The summed E-state index contributed by atoms with van der Waals surface area (Å²) < 4.78 is 0. The van der Waals surface area contributed by atoms with Gasteiger partial charge in [-0.05, 0) is 71.3 Å². The number of primary amides is 2. The third-order valence-electron chi connectivity index (χ3n) is 12.3. The summed E-state index contributed by atoms with van der Waals surface area (Å²) >= 11 is 0. The van der Waals surface area contributed by atoms with Crippen molar-refractivity contribution in [1.82, 2.24) is 52.8 Å². The average Bonchev–Trinajstić information content (AvgIpc) is 3.75. The summed E-state index contributed by atoms with van der Waals surface area (Å²) in [5.74, 6) is -19.8. The van der Waals surface area contributed by atoms with Crippen LogP contribution in [0.5, 0.6) is 0 Å². The van der Waals surface area contributed by atoms with Crippen molar-refractivity contribution in [2.75, 3.05) is 32.8 Å². The number of guanidine groups is 1. The number of amides is 12. The first-order chi connectivity index (χ1) is 39.8. The molecule has 476 valence electrons. The van der Waals surface area contributed by atoms with Gasteiger partial charge in [0.25, 0.3) is 0 Å². The lowest BCUT2D eigenvalue weighted by Crippen LogP contribution is -2.60. The lowest BCUT2D eigenvalue weighted by Gasteiger charge is -2.30. The maximum Gasteiger partial charge on any atom is 0.326 e. The number of carbonyl (C=O) groups is 16. The zero-order valence-electron chi connectivity index (χ0n) is 46.3. The molecule has 0 bridgehead atoms. The van der Waals surface area contributed by atoms with Gasteiger partial charge in [-0.15, -0.1) is 0 Å². The minimum Gasteiger partial charge on any atom is -0.481 e. The van der Waals surface area contributed by atoms with E-state index < -0.39 is 200 Å². The van der Waals surface area contributed by atoms with Gasteiger partial charge in [-0.1, -0.05) is 0 Å². The van der Waals surface area contributed by atoms with Gasteiger partial charge >= 0.3 is 23.9 Å². The molecular weight excluding hydrogens is 1140 g/mol. The minimum atomic E-state index is -1.97. The van der Waals surface area contributed by atoms with Crippen molar-refractivity contribution < 1.29 is 102 Å². The number of nitrogens with one attached hydrogen (secondary N) is 9. The highest BCUT2D eigenvalue weighted by molar-refractivity contribution is 6.00. The largest absolute Gasteiger partial charge is 0.481 e. The normalized spacial score (nSPS) is 15.8. The Morgan fingerprint density at radius 3 is 1.64 bits per heavy atom. The fraction of sp³-hybridized carbons (Fsp3) is 0.638. The molecule has 10 atom stereocenters. The van der Waals surface area contributed by atoms with Gasteiger partial charge in [0, 0.05) is 25.9 Å². The lowest BCUT2D eigenvalue weighted by atomic mass is 10.0. The Balaban J connectivity index is 3.31. The second kappa shape index (κ2) is 37.7. The molecule has 1 aliphatic rings. The van der Waals surface area contributed by atoms with Crippen LogP contribution in [0.15, 0.2) is 4.99 Å². The summed E-state index contributed by atoms with van der Waals surface area (Å²) in [5, 5.41) is 66.9. The fourth-order valence-electron chi connectivity index (χ4n) is 7.93. The monoisotopic (exact) mass is 1220 g/mol. The Labute approximate surface area is 484 Å². The topological polar surface area (TPSA) is 654 Å². The maximum atomic E-state index is 14.2. The first-order valence-electron chi connectivity index (χ1n) is 26.4. The van der Waals surface area contributed by atoms with Crippen LogP contribution >= 0.6 is 0 Å². The third-order valence-corrected chi connectivity index (χ3v) is 12.3. The molecule has 0 aromatic rings. The molecule has 1 fully saturated rings. The Morgan fingerprint density at radius 2 is 1.07 bits per heavy atom. The van der Waals surface area contributed by atoms with Crippen LogP contribution in [0, 0.1) is 0 Å². The van der Waals surface area contributed by atoms with Crippen molar-refractivity contribution in [1.29, 1.82) is 0 Å². The summed E-state index contributed by atoms with van der Waals surface area (Å²) in [6.07, 6.45) is -4.66. The maximum absolute atomic E-state index is 14.2. The first kappa shape index (κ1) is 73.7. The van der Waals surface area contributed by atoms with Gasteiger partial charge in [0.05, 0.1) is 38.5 Å². The molecule has 1 saturated heterocycles. The molecule has 12 amide bonds. The molecule has 38 heteroatoms. The highest BCUT2D eigenvalue weighted by atomic mass is 16.4. The van der Waals surface area contributed by atoms with Crippen LogP contribution in [0.25, 0.3) is 0 Å². The average molecular weight is 1220 g/mol. The Bertz CT molecular complexity index is 2480. The Hall–Kier alpha value is -9.33. The standard InChI is InChI=1S/C47H77N17O21/c1-21(37(75)63-29(20-65)43(81)62-28(46(84)85)18-36(73)74)56-40(78)23(7-4-14-54-47(52)53)57-33(68)19-55-39(77)26(16-32(51)67)61-44(82)30-8-5-15-64(30)45(83)25(10-12-34(69)70)59-42(80)27(17-35(71)72)60-41(79)24(6-2-3-13-48)58-38(76)22(49)9-11-31(50)66/h21-30,65H,2-20,48-49H2,1H3,(H2,50,66)(H2,51,67)(H,55,77)(H,56,78)(H,57,68)(H,58,76)(H,59,80)(H,60,79)(H,61,82)(H,62,81)(H,63,75)(H,69,70)(H,71,72)(H,73,74)(H,84,85)(H4,52,53,54)/t21-,22-,23-,24-,25-,26-,27-,28-,29-,30-/m0/s1. The van der Waals surface area contributed by atoms with Gasteiger partial charge in [0.1, 0.15) is 54.4 Å². The number of rotatable bonds is 41. The minimum absolute atomic E-state index is 0.0129. The highest BCUT2D eigenvalue weighted by Gasteiger charge is 2.41. The summed E-state index contributed by atoms with van der Waals surface area (Å²) in [6, 6.07) is -16.7. The zero-order valence-corrected chi connectivity index (χ0v) is 46.3. The predicted octanol–water partition coefficient (Wildman–Crippen LogP) is -10.5. The molecule has 85 heavy (non-hydrogen) atoms. The number of carboxylic acids is 4. The molecule has 0 spiro atoms. The van der Waals surface area contributed by atoms with E-state index in [1.807, 2.05) is 5.32 Å². The second-order valence-corrected chi connectivity index (χ2v) is 19.3. The lowest BCUT2D eigenvalue weighted by molar-refractivity contribution is -0.147. The predicted molar refractivity (Wildman–Crippen MR) is 288 cm³/mol. The van der Waals surface area contributed by atoms with Gasteiger partial charge in [-0.3, -0.25) is 76.9 Å². The first-order valence-corrected chi connectivity index (χ1v) is 26.4. The smallest absolute Gasteiger partial charge is 0.326 e. The van der Waals surface area contributed by atoms with E-state index >= 15 is 0 Å². The van der Waals surface area contributed by atoms with Crippen molar-refractivity contribution in [2.24, 2.45) is 39.4 Å². The van der Waals surface area contributed by atoms with Crippen molar-refractivity contribution in [3.63, 3.8) is 0 Å². The van der Waals surface area contributed by atoms with E-state index in [4.69, 9.17) is 39.5 Å². The number of aliphatic carboxylic acids is 4. The van der Waals surface area contributed by atoms with Crippen LogP contribution in [0.1, 0.15) is 96.8 Å². The Morgan fingerprint density at radius 1 is 0.541 bits per heavy atom. The molecule has 0 aromatic heterocycles. The number of likely N-dealkylation sites (tertiary alicyclic amines) is 1. The van der Waals surface area contributed by atoms with Crippen LogP contribution in [-0.4, -0.2) is 224 Å². The third kappa shape index (κ3) is 28.5. The molecule has 38 nitrogen and oxygen atoms in total. The van der Waals surface area contributed by atoms with E-state index in [0.717, 1.165) is 11.8 Å². The molecule has 26 N–H and O–H groups in total. The molecule has 0 unspecified atom stereocenters. The number of aliphatic hydroxyl groups is 1. The van der Waals surface area contributed by atoms with Crippen LogP contribution in [-0.2, 0) is 76.7 Å². The Kier molecular flexibility index (Phi) is 32.7. The fourth-order valence-corrected chi connectivity index (χ4v) is 7.93. The molecule has 0 aromatic carbocycles. The molecule has 0 saturated carbocycles. The van der Waals surface area contributed by atoms with Gasteiger partial charge in [0.15, 0.2) is 5.96 Å². The number of carbonyl (C=O) groups excluding carboxylic acids is 12. The summed E-state index contributed by atoms with van der Waals surface area (Å²) in [4.78, 5) is 208. The van der Waals surface area contributed by atoms with Crippen molar-refractivity contribution in [3.8, 4) is 0 Å². The van der Waals surface area contributed by atoms with E-state index in [0.29, 0.717) is 6.42 Å². The van der Waals surface area contributed by atoms with Crippen molar-refractivity contribution in [2.45, 2.75) is 157 Å². The SMILES string of the molecule is C[C@H](NC(=O)[C@H](CCCN=C(N)N)NC(=O)CNC(=O)[C@H](CC(N)=O)NC(=O)[C@@H]1CCCN1C(=O)[C@H](CCC(=O)O)NC(=O)[C@H](CC(=O)O)NC(=O)[C@H](CCCCN)NC(=O)[C@@H](N)CCC(N)=O)C(=O)N[C@@H](CO)C(=O)N[C@@H](CC(=O)O)C(=O)O. The summed E-state index contributed by atoms with van der Waals surface area (Å²) in [5.41, 5.74) is 32.6. The number of nitrogens with zero attached hydrogens (tertiary/aromatic N) is 2. The van der Waals surface area contributed by atoms with E-state index in [2.05, 4.69) is 47.5 Å².